The molecule has 0 amide bonds. The molecule has 0 aromatic heterocycles. The van der Waals surface area contributed by atoms with Gasteiger partial charge in [-0.25, -0.2) is 4.57 Å². The number of hydrogen-bond donors (Lipinski definition) is 3. The Bertz CT molecular complexity index is 976. The molecule has 4 rings (SSSR count). The standard InChI is InChI=1S/C27H42NO6P/c1-6-7-17-14-18-15-19(34-35(30,31)32)8-9-20(18)21-12-13-27(4)22(24(17)21)10-11-23(27)33-26(29)25(28-5)16(2)3/h8-9,15-17,21-25,28H,6-7,10-14H2,1-5H3,(H2,30,31,32)/t17-,21-,22+,23+,24-,25+,27+/m1/s1. The molecular weight excluding hydrogens is 465 g/mol. The van der Waals surface area contributed by atoms with Crippen molar-refractivity contribution < 1.29 is 28.4 Å². The molecule has 3 N–H and O–H groups in total. The van der Waals surface area contributed by atoms with Crippen LogP contribution < -0.4 is 9.84 Å². The van der Waals surface area contributed by atoms with Crippen molar-refractivity contribution in [3.8, 4) is 5.75 Å². The van der Waals surface area contributed by atoms with Crippen LogP contribution in [0.1, 0.15) is 83.3 Å². The Balaban J connectivity index is 1.60. The van der Waals surface area contributed by atoms with E-state index in [9.17, 15) is 19.1 Å². The number of carbonyl (C=O) groups excluding carboxylic acids is 1. The Labute approximate surface area is 209 Å². The quantitative estimate of drug-likeness (QED) is 0.328. The highest BCUT2D eigenvalue weighted by Gasteiger charge is 2.58. The highest BCUT2D eigenvalue weighted by molar-refractivity contribution is 7.46. The van der Waals surface area contributed by atoms with E-state index in [2.05, 4.69) is 19.2 Å². The van der Waals surface area contributed by atoms with Gasteiger partial charge in [-0.2, -0.15) is 0 Å². The lowest BCUT2D eigenvalue weighted by molar-refractivity contribution is -0.161. The zero-order chi connectivity index (χ0) is 25.5. The number of fused-ring (bicyclic) bond motifs is 5. The first-order valence-corrected chi connectivity index (χ1v) is 14.8. The van der Waals surface area contributed by atoms with Crippen LogP contribution in [-0.2, 0) is 20.5 Å². The molecule has 2 saturated carbocycles. The fourth-order valence-electron chi connectivity index (χ4n) is 7.70. The van der Waals surface area contributed by atoms with Crippen LogP contribution in [0.5, 0.6) is 5.75 Å². The minimum absolute atomic E-state index is 0.0148. The molecule has 0 aliphatic heterocycles. The molecule has 0 bridgehead atoms. The number of benzene rings is 1. The molecule has 1 aromatic carbocycles. The summed E-state index contributed by atoms with van der Waals surface area (Å²) in [5.41, 5.74) is 2.45. The molecule has 0 radical (unpaired) electrons. The first-order valence-electron chi connectivity index (χ1n) is 13.2. The lowest BCUT2D eigenvalue weighted by Gasteiger charge is -2.53. The van der Waals surface area contributed by atoms with E-state index in [0.717, 1.165) is 50.5 Å². The van der Waals surface area contributed by atoms with Crippen LogP contribution in [0, 0.1) is 29.1 Å². The predicted octanol–water partition coefficient (Wildman–Crippen LogP) is 5.20. The molecular formula is C27H42NO6P. The topological polar surface area (TPSA) is 105 Å². The predicted molar refractivity (Wildman–Crippen MR) is 135 cm³/mol. The van der Waals surface area contributed by atoms with Gasteiger partial charge >= 0.3 is 13.8 Å². The van der Waals surface area contributed by atoms with Gasteiger partial charge in [0.15, 0.2) is 0 Å². The van der Waals surface area contributed by atoms with Crippen molar-refractivity contribution in [2.24, 2.45) is 29.1 Å². The lowest BCUT2D eigenvalue weighted by Crippen LogP contribution is -2.49. The average Bonchev–Trinajstić information content (AvgIpc) is 3.08. The minimum Gasteiger partial charge on any atom is -0.461 e. The number of carbonyl (C=O) groups is 1. The third-order valence-electron chi connectivity index (χ3n) is 9.16. The Morgan fingerprint density at radius 1 is 1.26 bits per heavy atom. The molecule has 0 unspecified atom stereocenters. The Morgan fingerprint density at radius 2 is 2.00 bits per heavy atom. The van der Waals surface area contributed by atoms with Crippen LogP contribution >= 0.6 is 7.82 Å². The van der Waals surface area contributed by atoms with Crippen molar-refractivity contribution in [3.05, 3.63) is 29.3 Å². The molecule has 2 fully saturated rings. The Morgan fingerprint density at radius 3 is 2.63 bits per heavy atom. The maximum absolute atomic E-state index is 13.0. The van der Waals surface area contributed by atoms with E-state index in [0.29, 0.717) is 23.7 Å². The summed E-state index contributed by atoms with van der Waals surface area (Å²) in [7, 11) is -2.76. The molecule has 3 aliphatic rings. The summed E-state index contributed by atoms with van der Waals surface area (Å²) in [6.45, 7) is 8.65. The van der Waals surface area contributed by atoms with Crippen molar-refractivity contribution in [3.63, 3.8) is 0 Å². The largest absolute Gasteiger partial charge is 0.524 e. The maximum atomic E-state index is 13.0. The maximum Gasteiger partial charge on any atom is 0.524 e. The number of ether oxygens (including phenoxy) is 1. The fraction of sp³-hybridized carbons (Fsp3) is 0.741. The van der Waals surface area contributed by atoms with Gasteiger partial charge in [-0.1, -0.05) is 46.6 Å². The van der Waals surface area contributed by atoms with Gasteiger partial charge in [0.05, 0.1) is 0 Å². The van der Waals surface area contributed by atoms with E-state index in [1.54, 1.807) is 6.07 Å². The summed E-state index contributed by atoms with van der Waals surface area (Å²) >= 11 is 0. The Kier molecular flexibility index (Phi) is 7.74. The first kappa shape index (κ1) is 26.7. The zero-order valence-electron chi connectivity index (χ0n) is 21.7. The number of hydrogen-bond acceptors (Lipinski definition) is 5. The van der Waals surface area contributed by atoms with E-state index in [1.807, 2.05) is 33.0 Å². The van der Waals surface area contributed by atoms with Crippen LogP contribution in [0.3, 0.4) is 0 Å². The number of nitrogens with one attached hydrogen (secondary N) is 1. The summed E-state index contributed by atoms with van der Waals surface area (Å²) in [5.74, 6) is 2.24. The summed E-state index contributed by atoms with van der Waals surface area (Å²) in [4.78, 5) is 31.5. The van der Waals surface area contributed by atoms with Gasteiger partial charge in [-0.05, 0) is 92.0 Å². The second-order valence-corrected chi connectivity index (χ2v) is 12.7. The molecule has 0 saturated heterocycles. The average molecular weight is 508 g/mol. The van der Waals surface area contributed by atoms with Crippen LogP contribution in [0.4, 0.5) is 0 Å². The monoisotopic (exact) mass is 507 g/mol. The second-order valence-electron chi connectivity index (χ2n) is 11.5. The van der Waals surface area contributed by atoms with Gasteiger partial charge in [0.1, 0.15) is 17.9 Å². The Hall–Kier alpha value is -1.40. The molecule has 1 aromatic rings. The molecule has 7 atom stereocenters. The number of phosphoric ester groups is 1. The summed E-state index contributed by atoms with van der Waals surface area (Å²) < 4.78 is 22.5. The van der Waals surface area contributed by atoms with Crippen molar-refractivity contribution in [1.29, 1.82) is 0 Å². The number of likely N-dealkylation sites (N-methyl/N-ethyl adjacent to an activating group) is 1. The molecule has 3 aliphatic carbocycles. The van der Waals surface area contributed by atoms with Crippen molar-refractivity contribution in [1.82, 2.24) is 5.32 Å². The second kappa shape index (κ2) is 10.2. The van der Waals surface area contributed by atoms with E-state index in [1.165, 1.54) is 5.56 Å². The van der Waals surface area contributed by atoms with Crippen molar-refractivity contribution in [2.45, 2.75) is 90.7 Å². The van der Waals surface area contributed by atoms with Gasteiger partial charge in [-0.3, -0.25) is 14.6 Å². The van der Waals surface area contributed by atoms with E-state index < -0.39 is 7.82 Å². The van der Waals surface area contributed by atoms with Gasteiger partial charge in [0.25, 0.3) is 0 Å². The highest BCUT2D eigenvalue weighted by Crippen LogP contribution is 2.63. The van der Waals surface area contributed by atoms with Crippen LogP contribution in [-0.4, -0.2) is 34.9 Å². The lowest BCUT2D eigenvalue weighted by atomic mass is 9.52. The third kappa shape index (κ3) is 5.20. The smallest absolute Gasteiger partial charge is 0.461 e. The van der Waals surface area contributed by atoms with E-state index in [4.69, 9.17) is 9.26 Å². The van der Waals surface area contributed by atoms with Gasteiger partial charge in [-0.15, -0.1) is 0 Å². The van der Waals surface area contributed by atoms with E-state index in [-0.39, 0.29) is 35.2 Å². The summed E-state index contributed by atoms with van der Waals surface area (Å²) in [6, 6.07) is 5.28. The summed E-state index contributed by atoms with van der Waals surface area (Å²) in [5, 5.41) is 3.12. The highest BCUT2D eigenvalue weighted by atomic mass is 31.2. The van der Waals surface area contributed by atoms with Gasteiger partial charge in [0.2, 0.25) is 0 Å². The van der Waals surface area contributed by atoms with Crippen LogP contribution in [0.2, 0.25) is 0 Å². The van der Waals surface area contributed by atoms with Crippen LogP contribution in [0.25, 0.3) is 0 Å². The molecule has 35 heavy (non-hydrogen) atoms. The van der Waals surface area contributed by atoms with Gasteiger partial charge < -0.3 is 14.6 Å². The number of phosphoric acid groups is 1. The normalized spacial score (nSPS) is 33.0. The number of rotatable bonds is 8. The van der Waals surface area contributed by atoms with Crippen molar-refractivity contribution in [2.75, 3.05) is 7.05 Å². The first-order chi connectivity index (χ1) is 16.5. The molecule has 0 spiro atoms. The van der Waals surface area contributed by atoms with Crippen LogP contribution in [0.15, 0.2) is 18.2 Å². The minimum atomic E-state index is -4.58. The molecule has 196 valence electrons. The zero-order valence-corrected chi connectivity index (χ0v) is 22.6. The molecule has 8 heteroatoms. The SMILES string of the molecule is CCC[C@@H]1Cc2cc(OP(=O)(O)O)ccc2[C@H]2CC[C@]3(C)[C@@H](OC(=O)[C@@H](NC)C(C)C)CC[C@H]3[C@H]12. The number of esters is 1. The van der Waals surface area contributed by atoms with E-state index >= 15 is 0 Å². The summed E-state index contributed by atoms with van der Waals surface area (Å²) in [6.07, 6.45) is 7.13. The molecule has 0 heterocycles. The van der Waals surface area contributed by atoms with Crippen molar-refractivity contribution >= 4 is 13.8 Å². The molecule has 7 nitrogen and oxygen atoms in total. The van der Waals surface area contributed by atoms with Gasteiger partial charge in [0, 0.05) is 5.41 Å². The fourth-order valence-corrected chi connectivity index (χ4v) is 8.08. The third-order valence-corrected chi connectivity index (χ3v) is 9.61.